The first-order chi connectivity index (χ1) is 15.1. The van der Waals surface area contributed by atoms with Gasteiger partial charge < -0.3 is 15.0 Å². The van der Waals surface area contributed by atoms with Gasteiger partial charge in [0.2, 0.25) is 11.8 Å². The zero-order valence-electron chi connectivity index (χ0n) is 20.2. The van der Waals surface area contributed by atoms with Crippen LogP contribution in [0.15, 0.2) is 48.5 Å². The van der Waals surface area contributed by atoms with Crippen LogP contribution in [0.5, 0.6) is 5.75 Å². The highest BCUT2D eigenvalue weighted by molar-refractivity contribution is 5.87. The molecule has 32 heavy (non-hydrogen) atoms. The molecule has 1 aliphatic heterocycles. The molecule has 0 radical (unpaired) electrons. The van der Waals surface area contributed by atoms with Crippen LogP contribution in [0, 0.1) is 10.8 Å². The number of benzene rings is 2. The van der Waals surface area contributed by atoms with Crippen LogP contribution >= 0.6 is 0 Å². The summed E-state index contributed by atoms with van der Waals surface area (Å²) in [4.78, 5) is 28.1. The Bertz CT molecular complexity index is 960. The Labute approximate surface area is 192 Å². The summed E-state index contributed by atoms with van der Waals surface area (Å²) >= 11 is 0. The summed E-state index contributed by atoms with van der Waals surface area (Å²) in [5.41, 5.74) is 2.13. The van der Waals surface area contributed by atoms with E-state index >= 15 is 0 Å². The Morgan fingerprint density at radius 1 is 1.09 bits per heavy atom. The van der Waals surface area contributed by atoms with Crippen LogP contribution in [-0.4, -0.2) is 43.0 Å². The average molecular weight is 437 g/mol. The molecule has 2 aromatic rings. The number of nitrogens with one attached hydrogen (secondary N) is 1. The van der Waals surface area contributed by atoms with E-state index in [0.29, 0.717) is 25.9 Å². The lowest BCUT2D eigenvalue weighted by molar-refractivity contribution is -0.139. The van der Waals surface area contributed by atoms with Gasteiger partial charge in [-0.25, -0.2) is 0 Å². The van der Waals surface area contributed by atoms with E-state index in [9.17, 15) is 9.59 Å². The molecule has 0 spiro atoms. The van der Waals surface area contributed by atoms with E-state index in [0.717, 1.165) is 22.4 Å². The van der Waals surface area contributed by atoms with Crippen LogP contribution in [0.3, 0.4) is 0 Å². The molecule has 2 aromatic carbocycles. The highest BCUT2D eigenvalue weighted by Gasteiger charge is 2.47. The van der Waals surface area contributed by atoms with E-state index < -0.39 is 10.8 Å². The van der Waals surface area contributed by atoms with Gasteiger partial charge in [-0.3, -0.25) is 9.59 Å². The van der Waals surface area contributed by atoms with Gasteiger partial charge in [0, 0.05) is 30.1 Å². The molecule has 2 amide bonds. The summed E-state index contributed by atoms with van der Waals surface area (Å²) in [6.07, 6.45) is 1.27. The molecule has 1 atom stereocenters. The summed E-state index contributed by atoms with van der Waals surface area (Å²) in [6, 6.07) is 16.3. The van der Waals surface area contributed by atoms with E-state index in [2.05, 4.69) is 29.6 Å². The van der Waals surface area contributed by atoms with Gasteiger partial charge in [0.1, 0.15) is 5.75 Å². The van der Waals surface area contributed by atoms with Gasteiger partial charge in [0.05, 0.1) is 12.5 Å². The minimum atomic E-state index is -0.614. The van der Waals surface area contributed by atoms with Crippen molar-refractivity contribution in [1.29, 1.82) is 0 Å². The summed E-state index contributed by atoms with van der Waals surface area (Å²) < 4.78 is 5.49. The molecular formula is C27H36N2O3. The van der Waals surface area contributed by atoms with Crippen molar-refractivity contribution in [2.75, 3.05) is 20.2 Å². The van der Waals surface area contributed by atoms with Gasteiger partial charge in [0.15, 0.2) is 0 Å². The molecule has 5 nitrogen and oxygen atoms in total. The monoisotopic (exact) mass is 436 g/mol. The van der Waals surface area contributed by atoms with E-state index in [-0.39, 0.29) is 17.9 Å². The van der Waals surface area contributed by atoms with Crippen molar-refractivity contribution in [3.63, 3.8) is 0 Å². The largest absolute Gasteiger partial charge is 0.496 e. The summed E-state index contributed by atoms with van der Waals surface area (Å²) in [5.74, 6) is 0.967. The number of methoxy groups -OCH3 is 1. The maximum Gasteiger partial charge on any atom is 0.228 e. The third-order valence-electron chi connectivity index (χ3n) is 6.10. The lowest BCUT2D eigenvalue weighted by atomic mass is 9.79. The summed E-state index contributed by atoms with van der Waals surface area (Å²) in [7, 11) is 1.68. The van der Waals surface area contributed by atoms with Crippen LogP contribution in [0.4, 0.5) is 0 Å². The Balaban J connectivity index is 1.86. The number of ether oxygens (including phenoxy) is 1. The van der Waals surface area contributed by atoms with Crippen molar-refractivity contribution in [3.05, 3.63) is 54.1 Å². The number of likely N-dealkylation sites (tertiary alicyclic amines) is 1. The second-order valence-corrected chi connectivity index (χ2v) is 10.2. The van der Waals surface area contributed by atoms with Crippen LogP contribution < -0.4 is 10.1 Å². The minimum Gasteiger partial charge on any atom is -0.496 e. The lowest BCUT2D eigenvalue weighted by Crippen LogP contribution is -2.48. The number of hydrogen-bond acceptors (Lipinski definition) is 3. The van der Waals surface area contributed by atoms with Gasteiger partial charge in [-0.1, -0.05) is 63.2 Å². The van der Waals surface area contributed by atoms with Crippen LogP contribution in [-0.2, 0) is 16.0 Å². The third kappa shape index (κ3) is 5.14. The molecule has 0 aromatic heterocycles. The number of carbonyl (C=O) groups is 2. The van der Waals surface area contributed by atoms with Gasteiger partial charge >= 0.3 is 0 Å². The van der Waals surface area contributed by atoms with Crippen molar-refractivity contribution in [2.45, 2.75) is 53.5 Å². The number of amides is 2. The molecule has 1 aliphatic rings. The van der Waals surface area contributed by atoms with E-state index in [4.69, 9.17) is 4.74 Å². The first-order valence-electron chi connectivity index (χ1n) is 11.4. The molecule has 0 saturated carbocycles. The maximum atomic E-state index is 13.3. The summed E-state index contributed by atoms with van der Waals surface area (Å²) in [5, 5.41) is 3.10. The fourth-order valence-electron chi connectivity index (χ4n) is 4.42. The molecule has 3 rings (SSSR count). The SMILES string of the molecule is COc1ccccc1-c1ccc(C[C@]2(C(=O)NC(C)C)CCN(C(=O)C(C)(C)C)C2)cc1. The predicted molar refractivity (Wildman–Crippen MR) is 128 cm³/mol. The Morgan fingerprint density at radius 3 is 2.34 bits per heavy atom. The Kier molecular flexibility index (Phi) is 6.97. The third-order valence-corrected chi connectivity index (χ3v) is 6.10. The first kappa shape index (κ1) is 23.8. The quantitative estimate of drug-likeness (QED) is 0.714. The maximum absolute atomic E-state index is 13.3. The van der Waals surface area contributed by atoms with Crippen LogP contribution in [0.1, 0.15) is 46.6 Å². The number of hydrogen-bond donors (Lipinski definition) is 1. The molecular weight excluding hydrogens is 400 g/mol. The Morgan fingerprint density at radius 2 is 1.75 bits per heavy atom. The fraction of sp³-hybridized carbons (Fsp3) is 0.481. The molecule has 0 aliphatic carbocycles. The van der Waals surface area contributed by atoms with Crippen molar-refractivity contribution in [3.8, 4) is 16.9 Å². The van der Waals surface area contributed by atoms with Gasteiger partial charge in [-0.05, 0) is 43.9 Å². The van der Waals surface area contributed by atoms with Crippen molar-refractivity contribution >= 4 is 11.8 Å². The molecule has 0 unspecified atom stereocenters. The van der Waals surface area contributed by atoms with Crippen molar-refractivity contribution in [2.24, 2.45) is 10.8 Å². The van der Waals surface area contributed by atoms with Gasteiger partial charge in [-0.2, -0.15) is 0 Å². The number of nitrogens with zero attached hydrogens (tertiary/aromatic N) is 1. The fourth-order valence-corrected chi connectivity index (χ4v) is 4.42. The average Bonchev–Trinajstić information content (AvgIpc) is 3.17. The molecule has 1 saturated heterocycles. The van der Waals surface area contributed by atoms with E-state index in [1.807, 2.05) is 63.8 Å². The van der Waals surface area contributed by atoms with Crippen LogP contribution in [0.25, 0.3) is 11.1 Å². The van der Waals surface area contributed by atoms with Crippen LogP contribution in [0.2, 0.25) is 0 Å². The lowest BCUT2D eigenvalue weighted by Gasteiger charge is -2.31. The molecule has 5 heteroatoms. The Hall–Kier alpha value is -2.82. The molecule has 1 N–H and O–H groups in total. The number of para-hydroxylation sites is 1. The topological polar surface area (TPSA) is 58.6 Å². The standard InChI is InChI=1S/C27H36N2O3/c1-19(2)28-24(30)27(15-16-29(18-27)25(31)26(3,4)5)17-20-11-13-21(14-12-20)22-9-7-8-10-23(22)32-6/h7-14,19H,15-18H2,1-6H3,(H,28,30)/t27-/m1/s1. The van der Waals surface area contributed by atoms with Gasteiger partial charge in [-0.15, -0.1) is 0 Å². The zero-order valence-corrected chi connectivity index (χ0v) is 20.2. The minimum absolute atomic E-state index is 0.0329. The second-order valence-electron chi connectivity index (χ2n) is 10.2. The number of carbonyl (C=O) groups excluding carboxylic acids is 2. The highest BCUT2D eigenvalue weighted by atomic mass is 16.5. The van der Waals surface area contributed by atoms with Crippen molar-refractivity contribution < 1.29 is 14.3 Å². The normalized spacial score (nSPS) is 18.7. The predicted octanol–water partition coefficient (Wildman–Crippen LogP) is 4.69. The second kappa shape index (κ2) is 9.35. The highest BCUT2D eigenvalue weighted by Crippen LogP contribution is 2.37. The smallest absolute Gasteiger partial charge is 0.228 e. The number of rotatable bonds is 6. The van der Waals surface area contributed by atoms with E-state index in [1.54, 1.807) is 7.11 Å². The summed E-state index contributed by atoms with van der Waals surface area (Å²) in [6.45, 7) is 10.8. The van der Waals surface area contributed by atoms with Gasteiger partial charge in [0.25, 0.3) is 0 Å². The molecule has 0 bridgehead atoms. The molecule has 1 heterocycles. The molecule has 1 fully saturated rings. The molecule has 172 valence electrons. The zero-order chi connectivity index (χ0) is 23.5. The van der Waals surface area contributed by atoms with Crippen molar-refractivity contribution in [1.82, 2.24) is 10.2 Å². The first-order valence-corrected chi connectivity index (χ1v) is 11.4. The van der Waals surface area contributed by atoms with E-state index in [1.165, 1.54) is 0 Å².